The van der Waals surface area contributed by atoms with E-state index in [1.807, 2.05) is 13.8 Å². The van der Waals surface area contributed by atoms with E-state index in [4.69, 9.17) is 55.6 Å². The Kier molecular flexibility index (Phi) is 46.3. The normalized spacial score (nSPS) is 18.8. The third-order valence-corrected chi connectivity index (χ3v) is 35.5. The number of carbonyl (C=O) groups is 8. The maximum absolute atomic E-state index is 14.9. The Bertz CT molecular complexity index is 3220. The number of halogens is 10. The molecule has 2 saturated carbocycles. The number of alkyl carbamates (subject to hydrolysis) is 6. The van der Waals surface area contributed by atoms with E-state index in [9.17, 15) is 82.3 Å². The van der Waals surface area contributed by atoms with Crippen molar-refractivity contribution in [2.75, 3.05) is 132 Å². The van der Waals surface area contributed by atoms with Crippen LogP contribution in [0.25, 0.3) is 0 Å². The molecule has 6 N–H and O–H groups in total. The highest BCUT2D eigenvalue weighted by Crippen LogP contribution is 2.50. The Morgan fingerprint density at radius 2 is 0.664 bits per heavy atom. The molecule has 4 unspecified atom stereocenters. The fourth-order valence-corrected chi connectivity index (χ4v) is 32.2. The van der Waals surface area contributed by atoms with Crippen molar-refractivity contribution in [2.24, 2.45) is 32.5 Å². The van der Waals surface area contributed by atoms with Crippen molar-refractivity contribution in [3.05, 3.63) is 0 Å². The van der Waals surface area contributed by atoms with Gasteiger partial charge in [-0.25, -0.2) is 38.2 Å². The van der Waals surface area contributed by atoms with Crippen LogP contribution in [0, 0.1) is 32.5 Å². The highest BCUT2D eigenvalue weighted by molar-refractivity contribution is 6.85. The van der Waals surface area contributed by atoms with E-state index in [1.54, 1.807) is 69.2 Å². The zero-order chi connectivity index (χ0) is 93.0. The molecule has 0 bridgehead atoms. The molecule has 30 nitrogen and oxygen atoms in total. The summed E-state index contributed by atoms with van der Waals surface area (Å²) < 4.78 is 229. The fraction of sp³-hybridized carbons (Fsp3) is 0.897. The molecule has 0 saturated heterocycles. The zero-order valence-electron chi connectivity index (χ0n) is 75.4. The lowest BCUT2D eigenvalue weighted by Crippen LogP contribution is -2.57. The van der Waals surface area contributed by atoms with Gasteiger partial charge in [0, 0.05) is 64.6 Å². The number of carbonyl (C=O) groups excluding carboxylic acids is 8. The molecule has 0 aromatic rings. The molecule has 714 valence electrons. The Morgan fingerprint density at radius 3 is 1.02 bits per heavy atom. The highest BCUT2D eigenvalue weighted by atomic mass is 28.4. The summed E-state index contributed by atoms with van der Waals surface area (Å²) in [6.07, 6.45) is -26.4. The van der Waals surface area contributed by atoms with Crippen LogP contribution in [-0.2, 0) is 84.1 Å². The van der Waals surface area contributed by atoms with Crippen molar-refractivity contribution in [1.82, 2.24) is 31.9 Å². The van der Waals surface area contributed by atoms with Crippen LogP contribution in [0.1, 0.15) is 167 Å². The van der Waals surface area contributed by atoms with E-state index in [2.05, 4.69) is 103 Å². The van der Waals surface area contributed by atoms with Gasteiger partial charge in [0.1, 0.15) is 33.0 Å². The highest BCUT2D eigenvalue weighted by Gasteiger charge is 2.72. The number of nitrogens with one attached hydrogen (secondary N) is 6. The standard InChI is InChI=1S/C78H142F10N6O24Si4/c1-21-70(7,8)60(95)107-36-28-89-62(97)110-41-38-104-32-25-45-120(15,16)117-119(13,14)44-24-31-103-30-23-35-109-64(99)91-54-72(11)51-59(49-69(5,6)52-72)94-67(102)114-57-75(81,82)115-77(85,86)78(87,88)116-76(83,84)74(79,80)56-113-66(101)93-58-48-68(3,4)53-73(12,50-58)55-92-65(100)112-43-40-106-34-27-47-122(19,20)118-121(17,18)46-26-33-105-39-42-111-63(98)90-29-37-108-61(96)71(9,10)22-2/h58-59H,21-57H2,1-20H3,(H,89,97)(H,90,98)(H,91,99)(H,92,100)(H,93,101)(H,94,102). The van der Waals surface area contributed by atoms with Crippen LogP contribution in [0.15, 0.2) is 0 Å². The molecule has 0 aliphatic heterocycles. The van der Waals surface area contributed by atoms with Crippen molar-refractivity contribution in [3.63, 3.8) is 0 Å². The lowest BCUT2D eigenvalue weighted by Gasteiger charge is -2.46. The van der Waals surface area contributed by atoms with Crippen molar-refractivity contribution < 1.29 is 157 Å². The maximum Gasteiger partial charge on any atom is 0.453 e. The van der Waals surface area contributed by atoms with Gasteiger partial charge in [-0.1, -0.05) is 55.4 Å². The number of esters is 2. The Hall–Kier alpha value is -5.59. The molecule has 4 atom stereocenters. The molecule has 2 aliphatic carbocycles. The van der Waals surface area contributed by atoms with Crippen LogP contribution >= 0.6 is 0 Å². The summed E-state index contributed by atoms with van der Waals surface area (Å²) in [5, 5.41) is 14.9. The molecule has 0 heterocycles. The number of rotatable bonds is 59. The molecule has 6 amide bonds. The van der Waals surface area contributed by atoms with Gasteiger partial charge in [-0.2, -0.15) is 43.9 Å². The molecule has 0 aromatic heterocycles. The van der Waals surface area contributed by atoms with E-state index in [0.717, 1.165) is 43.4 Å². The predicted octanol–water partition coefficient (Wildman–Crippen LogP) is 16.4. The minimum absolute atomic E-state index is 0.00293. The van der Waals surface area contributed by atoms with Crippen LogP contribution in [0.5, 0.6) is 0 Å². The number of ether oxygens (including phenoxy) is 14. The fourth-order valence-electron chi connectivity index (χ4n) is 14.6. The average Bonchev–Trinajstić information content (AvgIpc) is 0.772. The van der Waals surface area contributed by atoms with Gasteiger partial charge in [0.05, 0.1) is 50.3 Å². The summed E-state index contributed by atoms with van der Waals surface area (Å²) in [5.74, 6) is -6.70. The average molecular weight is 1850 g/mol. The molecule has 2 aliphatic rings. The van der Waals surface area contributed by atoms with Crippen molar-refractivity contribution in [2.45, 2.75) is 286 Å². The summed E-state index contributed by atoms with van der Waals surface area (Å²) in [6, 6.07) is 1.55. The van der Waals surface area contributed by atoms with Crippen molar-refractivity contribution in [3.8, 4) is 0 Å². The van der Waals surface area contributed by atoms with Gasteiger partial charge < -0.3 is 97.0 Å². The molecular weight excluding hydrogens is 1710 g/mol. The second kappa shape index (κ2) is 50.2. The molecule has 0 radical (unpaired) electrons. The Morgan fingerprint density at radius 1 is 0.352 bits per heavy atom. The van der Waals surface area contributed by atoms with Crippen LogP contribution < -0.4 is 31.9 Å². The lowest BCUT2D eigenvalue weighted by atomic mass is 9.62. The molecular formula is C78H142F10N6O24Si4. The number of hydrogen-bond donors (Lipinski definition) is 6. The van der Waals surface area contributed by atoms with Crippen LogP contribution in [0.2, 0.25) is 76.6 Å². The van der Waals surface area contributed by atoms with E-state index < -0.39 is 158 Å². The van der Waals surface area contributed by atoms with Crippen LogP contribution in [-0.4, -0.2) is 256 Å². The summed E-state index contributed by atoms with van der Waals surface area (Å²) in [6.45, 7) is 36.3. The number of alkyl halides is 10. The van der Waals surface area contributed by atoms with Gasteiger partial charge in [-0.3, -0.25) is 9.59 Å². The second-order valence-corrected chi connectivity index (χ2v) is 55.1. The summed E-state index contributed by atoms with van der Waals surface area (Å²) in [4.78, 5) is 99.0. The third-order valence-electron chi connectivity index (χ3n) is 20.4. The molecule has 2 fully saturated rings. The number of hydrogen-bond acceptors (Lipinski definition) is 24. The van der Waals surface area contributed by atoms with Gasteiger partial charge in [0.2, 0.25) is 0 Å². The van der Waals surface area contributed by atoms with Gasteiger partial charge in [-0.05, 0) is 203 Å². The minimum atomic E-state index is -6.96. The quantitative estimate of drug-likeness (QED) is 0.0108. The molecule has 0 spiro atoms. The molecule has 44 heteroatoms. The first-order valence-corrected chi connectivity index (χ1v) is 54.3. The van der Waals surface area contributed by atoms with Gasteiger partial charge >= 0.3 is 78.9 Å². The monoisotopic (exact) mass is 1850 g/mol. The van der Waals surface area contributed by atoms with Crippen LogP contribution in [0.3, 0.4) is 0 Å². The largest absolute Gasteiger partial charge is 0.463 e. The van der Waals surface area contributed by atoms with Crippen LogP contribution in [0.4, 0.5) is 72.7 Å². The van der Waals surface area contributed by atoms with E-state index >= 15 is 0 Å². The first-order valence-electron chi connectivity index (χ1n) is 41.8. The van der Waals surface area contributed by atoms with Crippen molar-refractivity contribution in [1.29, 1.82) is 0 Å². The van der Waals surface area contributed by atoms with Gasteiger partial charge in [0.25, 0.3) is 0 Å². The third kappa shape index (κ3) is 46.8. The molecule has 0 aromatic carbocycles. The second-order valence-electron chi connectivity index (χ2n) is 37.4. The first kappa shape index (κ1) is 112. The zero-order valence-corrected chi connectivity index (χ0v) is 79.4. The lowest BCUT2D eigenvalue weighted by molar-refractivity contribution is -0.529. The topological polar surface area (TPSA) is 356 Å². The van der Waals surface area contributed by atoms with E-state index in [0.29, 0.717) is 71.6 Å². The maximum atomic E-state index is 14.9. The summed E-state index contributed by atoms with van der Waals surface area (Å²) in [7, 11) is -8.27. The SMILES string of the molecule is CCC(C)(C)C(=O)OCCNC(=O)OCCOCCC[Si](C)(C)O[Si](C)(C)CCCOCCCOC(=O)NCC1(C)CC(NC(=O)OCC(F)(F)OC(F)(F)C(F)(F)OC(F)(F)C(F)(F)COC(=O)NC2CC(C)(C)CC(C)(CNC(=O)OCCOCCC[Si](C)(C)O[Si](C)(C)CCCOCCOC(=O)NCCOC(=O)C(C)(C)CC)C2)CC(C)(C)C1. The van der Waals surface area contributed by atoms with E-state index in [1.165, 1.54) is 0 Å². The van der Waals surface area contributed by atoms with Crippen molar-refractivity contribution >= 4 is 81.8 Å². The molecule has 2 rings (SSSR count). The predicted molar refractivity (Wildman–Crippen MR) is 440 cm³/mol. The number of amides is 6. The van der Waals surface area contributed by atoms with Gasteiger partial charge in [0.15, 0.2) is 46.5 Å². The Balaban J connectivity index is 1.71. The van der Waals surface area contributed by atoms with Gasteiger partial charge in [-0.15, -0.1) is 0 Å². The minimum Gasteiger partial charge on any atom is -0.463 e. The summed E-state index contributed by atoms with van der Waals surface area (Å²) in [5.41, 5.74) is -4.01. The smallest absolute Gasteiger partial charge is 0.453 e. The first-order chi connectivity index (χ1) is 56.0. The van der Waals surface area contributed by atoms with E-state index in [-0.39, 0.29) is 123 Å². The Labute approximate surface area is 717 Å². The summed E-state index contributed by atoms with van der Waals surface area (Å²) >= 11 is 0. The molecule has 122 heavy (non-hydrogen) atoms.